The molecular formula is C13H19N3O2. The number of nitrogens with two attached hydrogens (primary N) is 1. The van der Waals surface area contributed by atoms with Crippen LogP contribution in [0, 0.1) is 12.8 Å². The van der Waals surface area contributed by atoms with E-state index in [4.69, 9.17) is 5.73 Å². The van der Waals surface area contributed by atoms with Gasteiger partial charge in [0.1, 0.15) is 0 Å². The molecule has 0 bridgehead atoms. The topological polar surface area (TPSA) is 84.2 Å². The predicted octanol–water partition coefficient (Wildman–Crippen LogP) is 0.888. The van der Waals surface area contributed by atoms with Crippen LogP contribution in [0.15, 0.2) is 18.2 Å². The summed E-state index contributed by atoms with van der Waals surface area (Å²) < 4.78 is 0. The minimum atomic E-state index is -0.233. The van der Waals surface area contributed by atoms with E-state index in [1.54, 1.807) is 32.2 Å². The molecule has 0 saturated heterocycles. The summed E-state index contributed by atoms with van der Waals surface area (Å²) in [5.74, 6) is -0.498. The molecule has 0 aromatic heterocycles. The third-order valence-corrected chi connectivity index (χ3v) is 2.77. The number of amides is 2. The Kier molecular flexibility index (Phi) is 4.85. The van der Waals surface area contributed by atoms with Crippen molar-refractivity contribution in [2.24, 2.45) is 11.7 Å². The molecule has 0 spiro atoms. The quantitative estimate of drug-likeness (QED) is 0.741. The van der Waals surface area contributed by atoms with Crippen LogP contribution in [0.3, 0.4) is 0 Å². The summed E-state index contributed by atoms with van der Waals surface area (Å²) in [6.45, 7) is 3.92. The van der Waals surface area contributed by atoms with E-state index in [-0.39, 0.29) is 17.7 Å². The van der Waals surface area contributed by atoms with Gasteiger partial charge in [0.2, 0.25) is 5.91 Å². The van der Waals surface area contributed by atoms with Gasteiger partial charge in [-0.15, -0.1) is 0 Å². The Labute approximate surface area is 107 Å². The first-order valence-corrected chi connectivity index (χ1v) is 5.83. The third kappa shape index (κ3) is 3.30. The average molecular weight is 249 g/mol. The Morgan fingerprint density at radius 3 is 2.56 bits per heavy atom. The fraction of sp³-hybridized carbons (Fsp3) is 0.385. The maximum atomic E-state index is 11.7. The van der Waals surface area contributed by atoms with Crippen molar-refractivity contribution in [3.05, 3.63) is 29.3 Å². The SMILES string of the molecule is CNC(=O)c1ccc(NC(=O)C(C)CN)c(C)c1. The molecule has 0 aliphatic heterocycles. The standard InChI is InChI=1S/C13H19N3O2/c1-8-6-10(13(18)15-3)4-5-11(8)16-12(17)9(2)7-14/h4-6,9H,7,14H2,1-3H3,(H,15,18)(H,16,17). The second-order valence-corrected chi connectivity index (χ2v) is 4.23. The number of anilines is 1. The van der Waals surface area contributed by atoms with Crippen molar-refractivity contribution in [1.29, 1.82) is 0 Å². The van der Waals surface area contributed by atoms with E-state index in [1.807, 2.05) is 6.92 Å². The first-order valence-electron chi connectivity index (χ1n) is 5.83. The highest BCUT2D eigenvalue weighted by Crippen LogP contribution is 2.17. The van der Waals surface area contributed by atoms with Crippen molar-refractivity contribution in [3.8, 4) is 0 Å². The van der Waals surface area contributed by atoms with Crippen LogP contribution in [0.4, 0.5) is 5.69 Å². The van der Waals surface area contributed by atoms with Gasteiger partial charge in [0.05, 0.1) is 0 Å². The van der Waals surface area contributed by atoms with Gasteiger partial charge in [0, 0.05) is 30.8 Å². The van der Waals surface area contributed by atoms with Crippen molar-refractivity contribution < 1.29 is 9.59 Å². The van der Waals surface area contributed by atoms with Gasteiger partial charge in [-0.1, -0.05) is 6.92 Å². The molecule has 1 atom stereocenters. The number of benzene rings is 1. The van der Waals surface area contributed by atoms with Crippen LogP contribution in [0.5, 0.6) is 0 Å². The predicted molar refractivity (Wildman–Crippen MR) is 71.4 cm³/mol. The van der Waals surface area contributed by atoms with Crippen LogP contribution in [0.25, 0.3) is 0 Å². The van der Waals surface area contributed by atoms with Gasteiger partial charge in [0.15, 0.2) is 0 Å². The van der Waals surface area contributed by atoms with Crippen LogP contribution in [-0.4, -0.2) is 25.4 Å². The van der Waals surface area contributed by atoms with E-state index in [0.717, 1.165) is 5.56 Å². The van der Waals surface area contributed by atoms with Gasteiger partial charge < -0.3 is 16.4 Å². The highest BCUT2D eigenvalue weighted by Gasteiger charge is 2.12. The number of carbonyl (C=O) groups is 2. The van der Waals surface area contributed by atoms with E-state index >= 15 is 0 Å². The van der Waals surface area contributed by atoms with Crippen molar-refractivity contribution in [2.75, 3.05) is 18.9 Å². The summed E-state index contributed by atoms with van der Waals surface area (Å²) in [6.07, 6.45) is 0. The molecule has 0 heterocycles. The van der Waals surface area contributed by atoms with Crippen LogP contribution in [0.2, 0.25) is 0 Å². The molecule has 0 radical (unpaired) electrons. The Morgan fingerprint density at radius 1 is 1.39 bits per heavy atom. The summed E-state index contributed by atoms with van der Waals surface area (Å²) in [6, 6.07) is 5.14. The van der Waals surface area contributed by atoms with E-state index in [9.17, 15) is 9.59 Å². The molecule has 1 aromatic carbocycles. The molecule has 1 rings (SSSR count). The summed E-state index contributed by atoms with van der Waals surface area (Å²) in [5.41, 5.74) is 7.55. The maximum Gasteiger partial charge on any atom is 0.251 e. The zero-order chi connectivity index (χ0) is 13.7. The number of aryl methyl sites for hydroxylation is 1. The molecule has 0 fully saturated rings. The lowest BCUT2D eigenvalue weighted by Gasteiger charge is -2.12. The monoisotopic (exact) mass is 249 g/mol. The van der Waals surface area contributed by atoms with E-state index in [2.05, 4.69) is 10.6 Å². The molecule has 4 N–H and O–H groups in total. The van der Waals surface area contributed by atoms with Gasteiger partial charge in [-0.3, -0.25) is 9.59 Å². The Balaban J connectivity index is 2.86. The second kappa shape index (κ2) is 6.16. The highest BCUT2D eigenvalue weighted by atomic mass is 16.2. The van der Waals surface area contributed by atoms with Crippen molar-refractivity contribution >= 4 is 17.5 Å². The number of carbonyl (C=O) groups excluding carboxylic acids is 2. The molecule has 0 saturated carbocycles. The lowest BCUT2D eigenvalue weighted by molar-refractivity contribution is -0.119. The summed E-state index contributed by atoms with van der Waals surface area (Å²) >= 11 is 0. The first kappa shape index (κ1) is 14.2. The van der Waals surface area contributed by atoms with Crippen LogP contribution in [-0.2, 0) is 4.79 Å². The highest BCUT2D eigenvalue weighted by molar-refractivity contribution is 5.96. The number of hydrogen-bond donors (Lipinski definition) is 3. The largest absolute Gasteiger partial charge is 0.355 e. The first-order chi connectivity index (χ1) is 8.49. The molecule has 98 valence electrons. The lowest BCUT2D eigenvalue weighted by Crippen LogP contribution is -2.27. The Morgan fingerprint density at radius 2 is 2.06 bits per heavy atom. The van der Waals surface area contributed by atoms with Crippen molar-refractivity contribution in [1.82, 2.24) is 5.32 Å². The maximum absolute atomic E-state index is 11.7. The lowest BCUT2D eigenvalue weighted by atomic mass is 10.1. The molecule has 2 amide bonds. The molecule has 0 aliphatic rings. The molecular weight excluding hydrogens is 230 g/mol. The van der Waals surface area contributed by atoms with Crippen molar-refractivity contribution in [3.63, 3.8) is 0 Å². The zero-order valence-corrected chi connectivity index (χ0v) is 10.9. The number of rotatable bonds is 4. The molecule has 5 nitrogen and oxygen atoms in total. The minimum absolute atomic E-state index is 0.117. The van der Waals surface area contributed by atoms with E-state index in [1.165, 1.54) is 0 Å². The Bertz CT molecular complexity index is 458. The van der Waals surface area contributed by atoms with Crippen LogP contribution >= 0.6 is 0 Å². The molecule has 1 aromatic rings. The molecule has 0 aliphatic carbocycles. The molecule has 18 heavy (non-hydrogen) atoms. The van der Waals surface area contributed by atoms with Gasteiger partial charge in [-0.2, -0.15) is 0 Å². The van der Waals surface area contributed by atoms with Gasteiger partial charge >= 0.3 is 0 Å². The average Bonchev–Trinajstić information content (AvgIpc) is 2.38. The van der Waals surface area contributed by atoms with Gasteiger partial charge in [-0.05, 0) is 30.7 Å². The summed E-state index contributed by atoms with van der Waals surface area (Å²) in [7, 11) is 1.58. The van der Waals surface area contributed by atoms with E-state index in [0.29, 0.717) is 17.8 Å². The third-order valence-electron chi connectivity index (χ3n) is 2.77. The molecule has 1 unspecified atom stereocenters. The number of hydrogen-bond acceptors (Lipinski definition) is 3. The fourth-order valence-electron chi connectivity index (χ4n) is 1.45. The normalized spacial score (nSPS) is 11.8. The van der Waals surface area contributed by atoms with Gasteiger partial charge in [0.25, 0.3) is 5.91 Å². The fourth-order valence-corrected chi connectivity index (χ4v) is 1.45. The smallest absolute Gasteiger partial charge is 0.251 e. The Hall–Kier alpha value is -1.88. The second-order valence-electron chi connectivity index (χ2n) is 4.23. The molecule has 5 heteroatoms. The van der Waals surface area contributed by atoms with Crippen molar-refractivity contribution in [2.45, 2.75) is 13.8 Å². The summed E-state index contributed by atoms with van der Waals surface area (Å²) in [4.78, 5) is 23.1. The van der Waals surface area contributed by atoms with Crippen LogP contribution < -0.4 is 16.4 Å². The zero-order valence-electron chi connectivity index (χ0n) is 10.9. The number of nitrogens with one attached hydrogen (secondary N) is 2. The van der Waals surface area contributed by atoms with Crippen LogP contribution in [0.1, 0.15) is 22.8 Å². The van der Waals surface area contributed by atoms with Gasteiger partial charge in [-0.25, -0.2) is 0 Å². The minimum Gasteiger partial charge on any atom is -0.355 e. The van der Waals surface area contributed by atoms with E-state index < -0.39 is 0 Å². The summed E-state index contributed by atoms with van der Waals surface area (Å²) in [5, 5.41) is 5.35.